The van der Waals surface area contributed by atoms with E-state index in [1.54, 1.807) is 12.1 Å². The molecule has 0 radical (unpaired) electrons. The summed E-state index contributed by atoms with van der Waals surface area (Å²) >= 11 is 6.23. The average Bonchev–Trinajstić information content (AvgIpc) is 2.71. The fourth-order valence-corrected chi connectivity index (χ4v) is 3.96. The highest BCUT2D eigenvalue weighted by molar-refractivity contribution is 6.34. The summed E-state index contributed by atoms with van der Waals surface area (Å²) in [6.45, 7) is 4.34. The monoisotopic (exact) mass is 417 g/mol. The van der Waals surface area contributed by atoms with Crippen LogP contribution in [0.4, 0.5) is 5.69 Å². The van der Waals surface area contributed by atoms with Crippen molar-refractivity contribution >= 4 is 29.1 Å². The van der Waals surface area contributed by atoms with Crippen molar-refractivity contribution in [3.8, 4) is 5.75 Å². The predicted molar refractivity (Wildman–Crippen MR) is 116 cm³/mol. The van der Waals surface area contributed by atoms with Crippen molar-refractivity contribution in [3.05, 3.63) is 46.5 Å². The molecule has 1 fully saturated rings. The predicted octanol–water partition coefficient (Wildman–Crippen LogP) is 3.78. The van der Waals surface area contributed by atoms with Crippen molar-refractivity contribution in [2.45, 2.75) is 38.6 Å². The third-order valence-electron chi connectivity index (χ3n) is 5.28. The van der Waals surface area contributed by atoms with Gasteiger partial charge in [-0.05, 0) is 31.7 Å². The number of allylic oxidation sites excluding steroid dienone is 3. The molecule has 0 atom stereocenters. The van der Waals surface area contributed by atoms with Crippen LogP contribution in [0, 0.1) is 0 Å². The minimum Gasteiger partial charge on any atom is -0.496 e. The molecule has 6 nitrogen and oxygen atoms in total. The number of nitrogens with zero attached hydrogens (tertiary/aromatic N) is 1. The van der Waals surface area contributed by atoms with Crippen LogP contribution >= 0.6 is 11.6 Å². The first kappa shape index (κ1) is 21.4. The number of carbonyl (C=O) groups is 2. The van der Waals surface area contributed by atoms with Crippen molar-refractivity contribution in [1.82, 2.24) is 10.2 Å². The smallest absolute Gasteiger partial charge is 0.255 e. The zero-order chi connectivity index (χ0) is 20.8. The molecule has 1 aromatic rings. The Morgan fingerprint density at radius 1 is 1.24 bits per heavy atom. The SMILES string of the molecule is COc1cc(NC(C)=O)c(Cl)cc1C(=O)NC1CCN(CC2=CCC=CC2)CC1. The first-order valence-electron chi connectivity index (χ1n) is 9.97. The van der Waals surface area contributed by atoms with Gasteiger partial charge >= 0.3 is 0 Å². The van der Waals surface area contributed by atoms with E-state index in [0.717, 1.165) is 45.3 Å². The van der Waals surface area contributed by atoms with Crippen LogP contribution in [0.15, 0.2) is 35.9 Å². The Labute approximate surface area is 176 Å². The Balaban J connectivity index is 1.57. The van der Waals surface area contributed by atoms with E-state index in [0.29, 0.717) is 22.0 Å². The zero-order valence-electron chi connectivity index (χ0n) is 17.0. The highest BCUT2D eigenvalue weighted by atomic mass is 35.5. The molecule has 0 aromatic heterocycles. The maximum Gasteiger partial charge on any atom is 0.255 e. The van der Waals surface area contributed by atoms with Crippen LogP contribution in [-0.2, 0) is 4.79 Å². The third kappa shape index (κ3) is 5.84. The maximum absolute atomic E-state index is 12.8. The molecule has 1 aliphatic heterocycles. The molecule has 0 spiro atoms. The van der Waals surface area contributed by atoms with Crippen molar-refractivity contribution in [3.63, 3.8) is 0 Å². The van der Waals surface area contributed by atoms with Crippen LogP contribution in [0.2, 0.25) is 5.02 Å². The van der Waals surface area contributed by atoms with Gasteiger partial charge in [0, 0.05) is 38.7 Å². The van der Waals surface area contributed by atoms with E-state index in [1.165, 1.54) is 19.6 Å². The van der Waals surface area contributed by atoms with Gasteiger partial charge in [0.25, 0.3) is 5.91 Å². The lowest BCUT2D eigenvalue weighted by atomic mass is 10.0. The van der Waals surface area contributed by atoms with Crippen molar-refractivity contribution in [1.29, 1.82) is 0 Å². The summed E-state index contributed by atoms with van der Waals surface area (Å²) in [4.78, 5) is 26.6. The molecule has 29 heavy (non-hydrogen) atoms. The molecule has 0 unspecified atom stereocenters. The first-order chi connectivity index (χ1) is 14.0. The Hall–Kier alpha value is -2.31. The van der Waals surface area contributed by atoms with Gasteiger partial charge in [-0.15, -0.1) is 0 Å². The zero-order valence-corrected chi connectivity index (χ0v) is 17.7. The number of piperidine rings is 1. The second-order valence-corrected chi connectivity index (χ2v) is 7.92. The lowest BCUT2D eigenvalue weighted by Gasteiger charge is -2.33. The van der Waals surface area contributed by atoms with Gasteiger partial charge in [0.05, 0.1) is 23.4 Å². The van der Waals surface area contributed by atoms with Gasteiger partial charge in [0.2, 0.25) is 5.91 Å². The van der Waals surface area contributed by atoms with Gasteiger partial charge in [-0.1, -0.05) is 35.4 Å². The molecule has 156 valence electrons. The number of rotatable bonds is 6. The summed E-state index contributed by atoms with van der Waals surface area (Å²) in [5, 5.41) is 6.04. The van der Waals surface area contributed by atoms with Crippen molar-refractivity contribution in [2.75, 3.05) is 32.1 Å². The number of benzene rings is 1. The van der Waals surface area contributed by atoms with Crippen LogP contribution < -0.4 is 15.4 Å². The van der Waals surface area contributed by atoms with Gasteiger partial charge in [0.1, 0.15) is 5.75 Å². The van der Waals surface area contributed by atoms with Crippen LogP contribution in [0.25, 0.3) is 0 Å². The van der Waals surface area contributed by atoms with E-state index in [9.17, 15) is 9.59 Å². The van der Waals surface area contributed by atoms with Crippen LogP contribution in [0.5, 0.6) is 5.75 Å². The number of likely N-dealkylation sites (tertiary alicyclic amines) is 1. The number of carbonyl (C=O) groups excluding carboxylic acids is 2. The fraction of sp³-hybridized carbons (Fsp3) is 0.455. The van der Waals surface area contributed by atoms with Crippen molar-refractivity contribution in [2.24, 2.45) is 0 Å². The molecule has 0 bridgehead atoms. The Morgan fingerprint density at radius 2 is 2.00 bits per heavy atom. The topological polar surface area (TPSA) is 70.7 Å². The van der Waals surface area contributed by atoms with E-state index in [-0.39, 0.29) is 17.9 Å². The number of ether oxygens (including phenoxy) is 1. The van der Waals surface area contributed by atoms with Crippen molar-refractivity contribution < 1.29 is 14.3 Å². The molecular weight excluding hydrogens is 390 g/mol. The fourth-order valence-electron chi connectivity index (χ4n) is 3.75. The van der Waals surface area contributed by atoms with E-state index in [1.807, 2.05) is 0 Å². The molecule has 1 aliphatic carbocycles. The Bertz CT molecular complexity index is 827. The quantitative estimate of drug-likeness (QED) is 0.691. The number of halogens is 1. The molecule has 0 saturated carbocycles. The average molecular weight is 418 g/mol. The van der Waals surface area contributed by atoms with Gasteiger partial charge in [0.15, 0.2) is 0 Å². The normalized spacial score (nSPS) is 17.6. The minimum atomic E-state index is -0.238. The molecule has 7 heteroatoms. The molecular formula is C22H28ClN3O3. The largest absolute Gasteiger partial charge is 0.496 e. The first-order valence-corrected chi connectivity index (χ1v) is 10.3. The Kier molecular flexibility index (Phi) is 7.34. The Morgan fingerprint density at radius 3 is 2.62 bits per heavy atom. The number of amides is 2. The molecule has 2 N–H and O–H groups in total. The molecule has 1 aromatic carbocycles. The summed E-state index contributed by atoms with van der Waals surface area (Å²) < 4.78 is 5.34. The molecule has 1 saturated heterocycles. The van der Waals surface area contributed by atoms with E-state index >= 15 is 0 Å². The number of hydrogen-bond donors (Lipinski definition) is 2. The summed E-state index contributed by atoms with van der Waals surface area (Å²) in [5.41, 5.74) is 2.27. The molecule has 2 aliphatic rings. The number of anilines is 1. The van der Waals surface area contributed by atoms with Crippen LogP contribution in [0.3, 0.4) is 0 Å². The summed E-state index contributed by atoms with van der Waals surface area (Å²) in [6.07, 6.45) is 10.7. The van der Waals surface area contributed by atoms with Gasteiger partial charge in [-0.2, -0.15) is 0 Å². The van der Waals surface area contributed by atoms with Crippen LogP contribution in [-0.4, -0.2) is 49.5 Å². The van der Waals surface area contributed by atoms with Gasteiger partial charge in [-0.25, -0.2) is 0 Å². The summed E-state index contributed by atoms with van der Waals surface area (Å²) in [7, 11) is 1.49. The lowest BCUT2D eigenvalue weighted by molar-refractivity contribution is -0.114. The standard InChI is InChI=1S/C22H28ClN3O3/c1-15(27)24-20-13-21(29-2)18(12-19(20)23)22(28)25-17-8-10-26(11-9-17)14-16-6-4-3-5-7-16/h3-4,7,12-13,17H,5-6,8-11,14H2,1-2H3,(H,24,27)(H,25,28). The number of nitrogens with one attached hydrogen (secondary N) is 2. The molecule has 1 heterocycles. The summed E-state index contributed by atoms with van der Waals surface area (Å²) in [6, 6.07) is 3.24. The minimum absolute atomic E-state index is 0.123. The van der Waals surface area contributed by atoms with Gasteiger partial charge < -0.3 is 15.4 Å². The highest BCUT2D eigenvalue weighted by Gasteiger charge is 2.24. The summed E-state index contributed by atoms with van der Waals surface area (Å²) in [5.74, 6) is -0.0694. The molecule has 2 amide bonds. The highest BCUT2D eigenvalue weighted by Crippen LogP contribution is 2.31. The second kappa shape index (κ2) is 9.94. The van der Waals surface area contributed by atoms with E-state index in [2.05, 4.69) is 33.8 Å². The van der Waals surface area contributed by atoms with E-state index < -0.39 is 0 Å². The third-order valence-corrected chi connectivity index (χ3v) is 5.60. The van der Waals surface area contributed by atoms with Crippen LogP contribution in [0.1, 0.15) is 43.0 Å². The second-order valence-electron chi connectivity index (χ2n) is 7.51. The maximum atomic E-state index is 12.8. The van der Waals surface area contributed by atoms with Gasteiger partial charge in [-0.3, -0.25) is 14.5 Å². The van der Waals surface area contributed by atoms with E-state index in [4.69, 9.17) is 16.3 Å². The number of hydrogen-bond acceptors (Lipinski definition) is 4. The molecule has 3 rings (SSSR count). The number of methoxy groups -OCH3 is 1. The lowest BCUT2D eigenvalue weighted by Crippen LogP contribution is -2.45.